The van der Waals surface area contributed by atoms with Crippen LogP contribution in [0.3, 0.4) is 0 Å². The molecule has 0 saturated heterocycles. The van der Waals surface area contributed by atoms with Crippen molar-refractivity contribution in [1.82, 2.24) is 5.32 Å². The van der Waals surface area contributed by atoms with Gasteiger partial charge in [0.15, 0.2) is 5.76 Å². The second-order valence-electron chi connectivity index (χ2n) is 8.70. The van der Waals surface area contributed by atoms with Gasteiger partial charge in [-0.25, -0.2) is 0 Å². The number of fused-ring (bicyclic) bond motifs is 1. The molecule has 0 unspecified atom stereocenters. The van der Waals surface area contributed by atoms with Crippen LogP contribution >= 0.6 is 0 Å². The number of benzene rings is 1. The minimum Gasteiger partial charge on any atom is -0.451 e. The highest BCUT2D eigenvalue weighted by Gasteiger charge is 2.51. The summed E-state index contributed by atoms with van der Waals surface area (Å²) in [7, 11) is 0. The average Bonchev–Trinajstić information content (AvgIpc) is 2.97. The molecule has 0 atom stereocenters. The highest BCUT2D eigenvalue weighted by Crippen LogP contribution is 2.55. The maximum Gasteiger partial charge on any atom is 0.287 e. The van der Waals surface area contributed by atoms with Gasteiger partial charge in [-0.1, -0.05) is 18.2 Å². The molecule has 4 aliphatic rings. The van der Waals surface area contributed by atoms with Gasteiger partial charge in [-0.2, -0.15) is 0 Å². The van der Waals surface area contributed by atoms with Crippen LogP contribution in [0.5, 0.6) is 0 Å². The zero-order valence-electron chi connectivity index (χ0n) is 15.4. The number of furan rings is 1. The van der Waals surface area contributed by atoms with E-state index in [1.807, 2.05) is 31.2 Å². The summed E-state index contributed by atoms with van der Waals surface area (Å²) in [6, 6.07) is 7.85. The van der Waals surface area contributed by atoms with Crippen LogP contribution in [0.15, 0.2) is 28.7 Å². The molecule has 2 aromatic rings. The second kappa shape index (κ2) is 6.12. The first-order valence-electron chi connectivity index (χ1n) is 10.1. The quantitative estimate of drug-likeness (QED) is 0.850. The first kappa shape index (κ1) is 16.4. The van der Waals surface area contributed by atoms with Crippen molar-refractivity contribution in [1.29, 1.82) is 0 Å². The van der Waals surface area contributed by atoms with Crippen molar-refractivity contribution >= 4 is 16.9 Å². The third-order valence-electron chi connectivity index (χ3n) is 6.77. The Balaban J connectivity index is 1.45. The first-order valence-corrected chi connectivity index (χ1v) is 10.1. The van der Waals surface area contributed by atoms with Crippen molar-refractivity contribution in [3.8, 4) is 0 Å². The molecule has 138 valence electrons. The van der Waals surface area contributed by atoms with Crippen LogP contribution in [0.4, 0.5) is 0 Å². The van der Waals surface area contributed by atoms with Crippen LogP contribution in [-0.2, 0) is 11.3 Å². The minimum atomic E-state index is -0.0575. The van der Waals surface area contributed by atoms with Gasteiger partial charge in [0.1, 0.15) is 5.58 Å². The Morgan fingerprint density at radius 1 is 1.15 bits per heavy atom. The maximum absolute atomic E-state index is 13.2. The maximum atomic E-state index is 13.2. The van der Waals surface area contributed by atoms with E-state index in [0.717, 1.165) is 53.5 Å². The van der Waals surface area contributed by atoms with E-state index in [-0.39, 0.29) is 11.4 Å². The van der Waals surface area contributed by atoms with E-state index in [4.69, 9.17) is 9.15 Å². The number of hydrogen-bond donors (Lipinski definition) is 1. The molecule has 26 heavy (non-hydrogen) atoms. The third kappa shape index (κ3) is 2.66. The van der Waals surface area contributed by atoms with Gasteiger partial charge >= 0.3 is 0 Å². The Morgan fingerprint density at radius 2 is 1.81 bits per heavy atom. The van der Waals surface area contributed by atoms with Crippen molar-refractivity contribution in [2.24, 2.45) is 17.8 Å². The third-order valence-corrected chi connectivity index (χ3v) is 6.77. The average molecular weight is 353 g/mol. The predicted molar refractivity (Wildman–Crippen MR) is 99.9 cm³/mol. The Bertz CT molecular complexity index is 802. The largest absolute Gasteiger partial charge is 0.451 e. The summed E-state index contributed by atoms with van der Waals surface area (Å²) in [6.07, 6.45) is 7.54. The number of carbonyl (C=O) groups is 1. The second-order valence-corrected chi connectivity index (χ2v) is 8.70. The smallest absolute Gasteiger partial charge is 0.287 e. The summed E-state index contributed by atoms with van der Waals surface area (Å²) in [5.74, 6) is 2.80. The molecule has 4 aliphatic carbocycles. The van der Waals surface area contributed by atoms with E-state index in [0.29, 0.717) is 19.0 Å². The van der Waals surface area contributed by atoms with Crippen molar-refractivity contribution < 1.29 is 13.9 Å². The summed E-state index contributed by atoms with van der Waals surface area (Å²) >= 11 is 0. The lowest BCUT2D eigenvalue weighted by molar-refractivity contribution is -0.0171. The normalized spacial score (nSPS) is 32.3. The standard InChI is InChI=1S/C22H27NO3/c1-2-25-13-18-17-5-3-4-6-19(17)26-20(18)21(24)23-22-10-14-7-15(11-22)9-16(8-14)12-22/h3-6,14-16H,2,7-13H2,1H3,(H,23,24). The molecule has 4 saturated carbocycles. The van der Waals surface area contributed by atoms with Crippen molar-refractivity contribution in [2.75, 3.05) is 6.61 Å². The molecule has 4 nitrogen and oxygen atoms in total. The van der Waals surface area contributed by atoms with Crippen molar-refractivity contribution in [2.45, 2.75) is 57.6 Å². The molecule has 0 aliphatic heterocycles. The molecule has 1 aromatic carbocycles. The van der Waals surface area contributed by atoms with E-state index in [1.54, 1.807) is 0 Å². The van der Waals surface area contributed by atoms with E-state index in [9.17, 15) is 4.79 Å². The molecule has 1 heterocycles. The highest BCUT2D eigenvalue weighted by molar-refractivity contribution is 5.99. The number of ether oxygens (including phenoxy) is 1. The molecule has 1 amide bonds. The number of nitrogens with one attached hydrogen (secondary N) is 1. The molecule has 4 bridgehead atoms. The SMILES string of the molecule is CCOCc1c(C(=O)NC23CC4CC(CC(C4)C2)C3)oc2ccccc12. The van der Waals surface area contributed by atoms with E-state index in [2.05, 4.69) is 5.32 Å². The van der Waals surface area contributed by atoms with Crippen LogP contribution in [0, 0.1) is 17.8 Å². The van der Waals surface area contributed by atoms with Gasteiger partial charge in [0.05, 0.1) is 6.61 Å². The van der Waals surface area contributed by atoms with Crippen LogP contribution in [-0.4, -0.2) is 18.1 Å². The summed E-state index contributed by atoms with van der Waals surface area (Å²) in [4.78, 5) is 13.2. The van der Waals surface area contributed by atoms with Crippen molar-refractivity contribution in [3.63, 3.8) is 0 Å². The molecular weight excluding hydrogens is 326 g/mol. The molecule has 4 fully saturated rings. The van der Waals surface area contributed by atoms with Crippen LogP contribution < -0.4 is 5.32 Å². The molecule has 0 spiro atoms. The van der Waals surface area contributed by atoms with Crippen LogP contribution in [0.1, 0.15) is 61.6 Å². The molecular formula is C22H27NO3. The molecule has 0 radical (unpaired) electrons. The van der Waals surface area contributed by atoms with Gasteiger partial charge in [0.25, 0.3) is 5.91 Å². The number of hydrogen-bond acceptors (Lipinski definition) is 3. The lowest BCUT2D eigenvalue weighted by Gasteiger charge is -2.56. The fourth-order valence-corrected chi connectivity index (χ4v) is 6.19. The number of amides is 1. The summed E-state index contributed by atoms with van der Waals surface area (Å²) in [5, 5.41) is 4.41. The topological polar surface area (TPSA) is 51.5 Å². The number of para-hydroxylation sites is 1. The first-order chi connectivity index (χ1) is 12.7. The lowest BCUT2D eigenvalue weighted by atomic mass is 9.53. The van der Waals surface area contributed by atoms with Gasteiger partial charge in [-0.15, -0.1) is 0 Å². The lowest BCUT2D eigenvalue weighted by Crippen LogP contribution is -2.59. The van der Waals surface area contributed by atoms with Crippen LogP contribution in [0.25, 0.3) is 11.0 Å². The Kier molecular flexibility index (Phi) is 3.85. The number of carbonyl (C=O) groups excluding carboxylic acids is 1. The Hall–Kier alpha value is -1.81. The number of rotatable bonds is 5. The Labute approximate surface area is 154 Å². The van der Waals surface area contributed by atoms with E-state index in [1.165, 1.54) is 19.3 Å². The van der Waals surface area contributed by atoms with E-state index < -0.39 is 0 Å². The summed E-state index contributed by atoms with van der Waals surface area (Å²) in [6.45, 7) is 3.00. The van der Waals surface area contributed by atoms with Gasteiger partial charge in [0.2, 0.25) is 0 Å². The van der Waals surface area contributed by atoms with Gasteiger partial charge < -0.3 is 14.5 Å². The summed E-state index contributed by atoms with van der Waals surface area (Å²) in [5.41, 5.74) is 1.63. The molecule has 4 heteroatoms. The van der Waals surface area contributed by atoms with Crippen LogP contribution in [0.2, 0.25) is 0 Å². The molecule has 6 rings (SSSR count). The monoisotopic (exact) mass is 353 g/mol. The van der Waals surface area contributed by atoms with E-state index >= 15 is 0 Å². The molecule has 1 N–H and O–H groups in total. The Morgan fingerprint density at radius 3 is 2.46 bits per heavy atom. The zero-order valence-corrected chi connectivity index (χ0v) is 15.4. The van der Waals surface area contributed by atoms with Gasteiger partial charge in [-0.3, -0.25) is 4.79 Å². The van der Waals surface area contributed by atoms with Gasteiger partial charge in [0, 0.05) is 23.1 Å². The highest BCUT2D eigenvalue weighted by atomic mass is 16.5. The zero-order chi connectivity index (χ0) is 17.7. The predicted octanol–water partition coefficient (Wildman–Crippen LogP) is 4.67. The van der Waals surface area contributed by atoms with Crippen molar-refractivity contribution in [3.05, 3.63) is 35.6 Å². The summed E-state index contributed by atoms with van der Waals surface area (Å²) < 4.78 is 11.6. The minimum absolute atomic E-state index is 0.00626. The fourth-order valence-electron chi connectivity index (χ4n) is 6.19. The molecule has 1 aromatic heterocycles. The fraction of sp³-hybridized carbons (Fsp3) is 0.591. The van der Waals surface area contributed by atoms with Gasteiger partial charge in [-0.05, 0) is 69.3 Å².